The summed E-state index contributed by atoms with van der Waals surface area (Å²) >= 11 is 0. The van der Waals surface area contributed by atoms with Crippen molar-refractivity contribution in [3.05, 3.63) is 35.9 Å². The van der Waals surface area contributed by atoms with Crippen LogP contribution in [0.4, 0.5) is 0 Å². The summed E-state index contributed by atoms with van der Waals surface area (Å²) in [5, 5.41) is 12.5. The first-order valence-electron chi connectivity index (χ1n) is 7.48. The van der Waals surface area contributed by atoms with Crippen molar-refractivity contribution < 1.29 is 9.90 Å². The quantitative estimate of drug-likeness (QED) is 0.867. The Morgan fingerprint density at radius 3 is 2.65 bits per heavy atom. The summed E-state index contributed by atoms with van der Waals surface area (Å²) in [5.74, 6) is 0.176. The second-order valence-corrected chi connectivity index (χ2v) is 6.51. The molecule has 3 heteroatoms. The third-order valence-electron chi connectivity index (χ3n) is 4.47. The molecule has 0 aliphatic heterocycles. The standard InChI is InChI=1S/C17H25NO2/c1-17(2)10-6-9-15(17)16(20)18-14(12-19)11-13-7-4-3-5-8-13/h3-5,7-8,14-15,19H,6,9-12H2,1-2H3,(H,18,20)/t14-,15?/m1/s1. The van der Waals surface area contributed by atoms with Crippen LogP contribution in [0.2, 0.25) is 0 Å². The highest BCUT2D eigenvalue weighted by Gasteiger charge is 2.39. The van der Waals surface area contributed by atoms with Gasteiger partial charge in [-0.3, -0.25) is 4.79 Å². The van der Waals surface area contributed by atoms with Crippen molar-refractivity contribution in [1.82, 2.24) is 5.32 Å². The van der Waals surface area contributed by atoms with Crippen LogP contribution in [0.3, 0.4) is 0 Å². The molecule has 1 aromatic rings. The molecule has 2 rings (SSSR count). The van der Waals surface area contributed by atoms with Crippen molar-refractivity contribution in [2.24, 2.45) is 11.3 Å². The van der Waals surface area contributed by atoms with Crippen molar-refractivity contribution in [1.29, 1.82) is 0 Å². The lowest BCUT2D eigenvalue weighted by Gasteiger charge is -2.28. The molecule has 2 atom stereocenters. The van der Waals surface area contributed by atoms with E-state index in [9.17, 15) is 9.90 Å². The number of nitrogens with one attached hydrogen (secondary N) is 1. The maximum Gasteiger partial charge on any atom is 0.223 e. The maximum atomic E-state index is 12.4. The lowest BCUT2D eigenvalue weighted by molar-refractivity contribution is -0.128. The van der Waals surface area contributed by atoms with Gasteiger partial charge in [0, 0.05) is 5.92 Å². The maximum absolute atomic E-state index is 12.4. The molecule has 3 nitrogen and oxygen atoms in total. The molecule has 20 heavy (non-hydrogen) atoms. The number of amides is 1. The molecule has 2 N–H and O–H groups in total. The van der Waals surface area contributed by atoms with E-state index in [4.69, 9.17) is 0 Å². The highest BCUT2D eigenvalue weighted by atomic mass is 16.3. The average Bonchev–Trinajstić information content (AvgIpc) is 2.78. The zero-order chi connectivity index (χ0) is 14.6. The summed E-state index contributed by atoms with van der Waals surface area (Å²) in [6, 6.07) is 9.78. The molecule has 110 valence electrons. The molecular weight excluding hydrogens is 250 g/mol. The minimum Gasteiger partial charge on any atom is -0.394 e. The molecule has 1 aliphatic carbocycles. The predicted octanol–water partition coefficient (Wildman–Crippen LogP) is 2.53. The molecule has 0 radical (unpaired) electrons. The molecule has 1 aromatic carbocycles. The summed E-state index contributed by atoms with van der Waals surface area (Å²) < 4.78 is 0. The second-order valence-electron chi connectivity index (χ2n) is 6.51. The Hall–Kier alpha value is -1.35. The van der Waals surface area contributed by atoms with E-state index in [1.54, 1.807) is 0 Å². The third-order valence-corrected chi connectivity index (χ3v) is 4.47. The number of hydrogen-bond donors (Lipinski definition) is 2. The number of carbonyl (C=O) groups is 1. The van der Waals surface area contributed by atoms with Crippen LogP contribution >= 0.6 is 0 Å². The first-order valence-corrected chi connectivity index (χ1v) is 7.48. The number of hydrogen-bond acceptors (Lipinski definition) is 2. The van der Waals surface area contributed by atoms with Gasteiger partial charge in [0.1, 0.15) is 0 Å². The SMILES string of the molecule is CC1(C)CCCC1C(=O)N[C@@H](CO)Cc1ccccc1. The van der Waals surface area contributed by atoms with Crippen LogP contribution in [0.25, 0.3) is 0 Å². The van der Waals surface area contributed by atoms with Gasteiger partial charge < -0.3 is 10.4 Å². The molecule has 1 amide bonds. The van der Waals surface area contributed by atoms with E-state index in [-0.39, 0.29) is 29.9 Å². The summed E-state index contributed by atoms with van der Waals surface area (Å²) in [6.45, 7) is 4.30. The van der Waals surface area contributed by atoms with Crippen molar-refractivity contribution in [3.63, 3.8) is 0 Å². The van der Waals surface area contributed by atoms with Gasteiger partial charge in [-0.25, -0.2) is 0 Å². The van der Waals surface area contributed by atoms with Gasteiger partial charge in [-0.2, -0.15) is 0 Å². The Kier molecular flexibility index (Phi) is 4.81. The van der Waals surface area contributed by atoms with Crippen LogP contribution in [0.5, 0.6) is 0 Å². The van der Waals surface area contributed by atoms with Crippen LogP contribution in [-0.2, 0) is 11.2 Å². The van der Waals surface area contributed by atoms with Gasteiger partial charge in [-0.1, -0.05) is 50.6 Å². The average molecular weight is 275 g/mol. The van der Waals surface area contributed by atoms with Crippen molar-refractivity contribution in [2.45, 2.75) is 45.6 Å². The van der Waals surface area contributed by atoms with Gasteiger partial charge in [-0.05, 0) is 30.2 Å². The van der Waals surface area contributed by atoms with E-state index in [0.717, 1.165) is 24.8 Å². The lowest BCUT2D eigenvalue weighted by Crippen LogP contribution is -2.44. The largest absolute Gasteiger partial charge is 0.394 e. The van der Waals surface area contributed by atoms with Gasteiger partial charge in [0.05, 0.1) is 12.6 Å². The predicted molar refractivity (Wildman–Crippen MR) is 80.3 cm³/mol. The van der Waals surface area contributed by atoms with Crippen molar-refractivity contribution in [2.75, 3.05) is 6.61 Å². The van der Waals surface area contributed by atoms with Crippen LogP contribution in [0.1, 0.15) is 38.7 Å². The normalized spacial score (nSPS) is 22.4. The molecule has 1 saturated carbocycles. The van der Waals surface area contributed by atoms with Crippen LogP contribution in [0, 0.1) is 11.3 Å². The Morgan fingerprint density at radius 2 is 2.10 bits per heavy atom. The Balaban J connectivity index is 1.95. The summed E-state index contributed by atoms with van der Waals surface area (Å²) in [7, 11) is 0. The molecule has 0 aromatic heterocycles. The Bertz CT molecular complexity index is 442. The van der Waals surface area contributed by atoms with Crippen molar-refractivity contribution >= 4 is 5.91 Å². The van der Waals surface area contributed by atoms with Gasteiger partial charge in [0.2, 0.25) is 5.91 Å². The van der Waals surface area contributed by atoms with Gasteiger partial charge in [0.25, 0.3) is 0 Å². The third kappa shape index (κ3) is 3.60. The number of aliphatic hydroxyl groups is 1. The monoisotopic (exact) mass is 275 g/mol. The van der Waals surface area contributed by atoms with Crippen molar-refractivity contribution in [3.8, 4) is 0 Å². The molecule has 1 fully saturated rings. The van der Waals surface area contributed by atoms with Gasteiger partial charge in [-0.15, -0.1) is 0 Å². The molecule has 1 aliphatic rings. The zero-order valence-corrected chi connectivity index (χ0v) is 12.4. The lowest BCUT2D eigenvalue weighted by atomic mass is 9.81. The van der Waals surface area contributed by atoms with E-state index < -0.39 is 0 Å². The van der Waals surface area contributed by atoms with E-state index in [0.29, 0.717) is 6.42 Å². The number of carbonyl (C=O) groups excluding carboxylic acids is 1. The molecular formula is C17H25NO2. The van der Waals surface area contributed by atoms with E-state index >= 15 is 0 Å². The Labute approximate surface area is 121 Å². The minimum atomic E-state index is -0.193. The summed E-state index contributed by atoms with van der Waals surface area (Å²) in [5.41, 5.74) is 1.22. The molecule has 0 saturated heterocycles. The molecule has 1 unspecified atom stereocenters. The summed E-state index contributed by atoms with van der Waals surface area (Å²) in [6.07, 6.45) is 3.86. The fourth-order valence-electron chi connectivity index (χ4n) is 3.17. The van der Waals surface area contributed by atoms with E-state index in [1.165, 1.54) is 0 Å². The second kappa shape index (κ2) is 6.40. The van der Waals surface area contributed by atoms with Gasteiger partial charge >= 0.3 is 0 Å². The van der Waals surface area contributed by atoms with E-state index in [2.05, 4.69) is 19.2 Å². The molecule has 0 bridgehead atoms. The molecule has 0 heterocycles. The van der Waals surface area contributed by atoms with Crippen LogP contribution < -0.4 is 5.32 Å². The first kappa shape index (κ1) is 15.0. The summed E-state index contributed by atoms with van der Waals surface area (Å²) in [4.78, 5) is 12.4. The minimum absolute atomic E-state index is 0.0201. The van der Waals surface area contributed by atoms with Crippen LogP contribution in [0.15, 0.2) is 30.3 Å². The Morgan fingerprint density at radius 1 is 1.40 bits per heavy atom. The van der Waals surface area contributed by atoms with Gasteiger partial charge in [0.15, 0.2) is 0 Å². The zero-order valence-electron chi connectivity index (χ0n) is 12.4. The number of rotatable bonds is 5. The number of aliphatic hydroxyl groups excluding tert-OH is 1. The fourth-order valence-corrected chi connectivity index (χ4v) is 3.17. The smallest absolute Gasteiger partial charge is 0.223 e. The number of benzene rings is 1. The first-order chi connectivity index (χ1) is 9.53. The topological polar surface area (TPSA) is 49.3 Å². The highest BCUT2D eigenvalue weighted by molar-refractivity contribution is 5.80. The fraction of sp³-hybridized carbons (Fsp3) is 0.588. The highest BCUT2D eigenvalue weighted by Crippen LogP contribution is 2.42. The van der Waals surface area contributed by atoms with E-state index in [1.807, 2.05) is 30.3 Å². The van der Waals surface area contributed by atoms with Crippen LogP contribution in [-0.4, -0.2) is 23.7 Å². The molecule has 0 spiro atoms.